The van der Waals surface area contributed by atoms with Gasteiger partial charge in [0.1, 0.15) is 12.4 Å². The Bertz CT molecular complexity index is 580. The van der Waals surface area contributed by atoms with Crippen molar-refractivity contribution < 1.29 is 9.53 Å². The van der Waals surface area contributed by atoms with Crippen LogP contribution in [0.5, 0.6) is 5.75 Å². The number of nitrogens with one attached hydrogen (secondary N) is 1. The molecule has 0 spiro atoms. The number of pyridine rings is 1. The van der Waals surface area contributed by atoms with E-state index >= 15 is 0 Å². The number of nitrogens with zero attached hydrogens (tertiary/aromatic N) is 1. The monoisotopic (exact) mass is 298 g/mol. The van der Waals surface area contributed by atoms with Gasteiger partial charge in [0.2, 0.25) is 5.91 Å². The Morgan fingerprint density at radius 2 is 1.95 bits per heavy atom. The SMILES string of the molecule is CC(C)CC(=O)NCc1ccc(OCc2cccnc2)cc1. The highest BCUT2D eigenvalue weighted by atomic mass is 16.5. The van der Waals surface area contributed by atoms with Gasteiger partial charge < -0.3 is 10.1 Å². The summed E-state index contributed by atoms with van der Waals surface area (Å²) in [6.07, 6.45) is 4.09. The summed E-state index contributed by atoms with van der Waals surface area (Å²) in [6.45, 7) is 5.12. The van der Waals surface area contributed by atoms with Gasteiger partial charge in [0.25, 0.3) is 0 Å². The lowest BCUT2D eigenvalue weighted by Gasteiger charge is -2.09. The van der Waals surface area contributed by atoms with Crippen LogP contribution >= 0.6 is 0 Å². The maximum Gasteiger partial charge on any atom is 0.220 e. The van der Waals surface area contributed by atoms with Gasteiger partial charge >= 0.3 is 0 Å². The minimum atomic E-state index is 0.0897. The second kappa shape index (κ2) is 8.17. The Morgan fingerprint density at radius 3 is 2.59 bits per heavy atom. The van der Waals surface area contributed by atoms with E-state index < -0.39 is 0 Å². The van der Waals surface area contributed by atoms with Gasteiger partial charge in [-0.15, -0.1) is 0 Å². The molecule has 0 aliphatic rings. The van der Waals surface area contributed by atoms with Crippen LogP contribution in [0.15, 0.2) is 48.8 Å². The summed E-state index contributed by atoms with van der Waals surface area (Å²) in [7, 11) is 0. The van der Waals surface area contributed by atoms with Crippen molar-refractivity contribution in [2.24, 2.45) is 5.92 Å². The molecule has 2 rings (SSSR count). The molecule has 0 atom stereocenters. The topological polar surface area (TPSA) is 51.2 Å². The van der Waals surface area contributed by atoms with Crippen LogP contribution in [-0.4, -0.2) is 10.9 Å². The molecule has 1 aromatic carbocycles. The number of benzene rings is 1. The number of aromatic nitrogens is 1. The van der Waals surface area contributed by atoms with Gasteiger partial charge in [-0.05, 0) is 29.7 Å². The summed E-state index contributed by atoms with van der Waals surface area (Å²) in [5.74, 6) is 1.27. The minimum absolute atomic E-state index is 0.0897. The quantitative estimate of drug-likeness (QED) is 0.853. The highest BCUT2D eigenvalue weighted by Crippen LogP contribution is 2.14. The fourth-order valence-electron chi connectivity index (χ4n) is 2.00. The standard InChI is InChI=1S/C18H22N2O2/c1-14(2)10-18(21)20-12-15-5-7-17(8-6-15)22-13-16-4-3-9-19-11-16/h3-9,11,14H,10,12-13H2,1-2H3,(H,20,21). The predicted molar refractivity (Wildman–Crippen MR) is 86.3 cm³/mol. The molecule has 0 unspecified atom stereocenters. The minimum Gasteiger partial charge on any atom is -0.489 e. The van der Waals surface area contributed by atoms with Crippen molar-refractivity contribution >= 4 is 5.91 Å². The van der Waals surface area contributed by atoms with E-state index in [2.05, 4.69) is 10.3 Å². The highest BCUT2D eigenvalue weighted by Gasteiger charge is 2.04. The molecule has 0 radical (unpaired) electrons. The normalized spacial score (nSPS) is 10.5. The average molecular weight is 298 g/mol. The van der Waals surface area contributed by atoms with Crippen LogP contribution in [0.3, 0.4) is 0 Å². The van der Waals surface area contributed by atoms with Crippen molar-refractivity contribution in [1.82, 2.24) is 10.3 Å². The Balaban J connectivity index is 1.79. The maximum atomic E-state index is 11.6. The first-order valence-corrected chi connectivity index (χ1v) is 7.51. The molecule has 0 aliphatic heterocycles. The first-order chi connectivity index (χ1) is 10.6. The number of rotatable bonds is 7. The molecule has 0 aliphatic carbocycles. The van der Waals surface area contributed by atoms with Crippen LogP contribution in [-0.2, 0) is 17.9 Å². The fraction of sp³-hybridized carbons (Fsp3) is 0.333. The van der Waals surface area contributed by atoms with Crippen molar-refractivity contribution in [3.63, 3.8) is 0 Å². The lowest BCUT2D eigenvalue weighted by molar-refractivity contribution is -0.121. The zero-order valence-electron chi connectivity index (χ0n) is 13.1. The van der Waals surface area contributed by atoms with Gasteiger partial charge in [0, 0.05) is 30.9 Å². The number of ether oxygens (including phenoxy) is 1. The number of carbonyl (C=O) groups is 1. The largest absolute Gasteiger partial charge is 0.489 e. The molecule has 1 heterocycles. The molecule has 1 N–H and O–H groups in total. The summed E-state index contributed by atoms with van der Waals surface area (Å²) >= 11 is 0. The lowest BCUT2D eigenvalue weighted by atomic mass is 10.1. The average Bonchev–Trinajstić information content (AvgIpc) is 2.52. The van der Waals surface area contributed by atoms with Crippen molar-refractivity contribution in [3.05, 3.63) is 59.9 Å². The van der Waals surface area contributed by atoms with E-state index in [0.29, 0.717) is 25.5 Å². The summed E-state index contributed by atoms with van der Waals surface area (Å²) in [5.41, 5.74) is 2.10. The number of hydrogen-bond acceptors (Lipinski definition) is 3. The molecule has 1 aromatic heterocycles. The Morgan fingerprint density at radius 1 is 1.18 bits per heavy atom. The zero-order chi connectivity index (χ0) is 15.8. The molecular formula is C18H22N2O2. The lowest BCUT2D eigenvalue weighted by Crippen LogP contribution is -2.23. The van der Waals surface area contributed by atoms with Crippen LogP contribution in [0.4, 0.5) is 0 Å². The zero-order valence-corrected chi connectivity index (χ0v) is 13.1. The smallest absolute Gasteiger partial charge is 0.220 e. The fourth-order valence-corrected chi connectivity index (χ4v) is 2.00. The second-order valence-corrected chi connectivity index (χ2v) is 5.67. The molecule has 0 saturated heterocycles. The molecule has 0 bridgehead atoms. The van der Waals surface area contributed by atoms with Crippen molar-refractivity contribution in [3.8, 4) is 5.75 Å². The van der Waals surface area contributed by atoms with E-state index in [1.165, 1.54) is 0 Å². The number of carbonyl (C=O) groups excluding carboxylic acids is 1. The first kappa shape index (κ1) is 16.0. The molecule has 2 aromatic rings. The van der Waals surface area contributed by atoms with Crippen molar-refractivity contribution in [1.29, 1.82) is 0 Å². The second-order valence-electron chi connectivity index (χ2n) is 5.67. The van der Waals surface area contributed by atoms with Gasteiger partial charge in [-0.3, -0.25) is 9.78 Å². The van der Waals surface area contributed by atoms with Gasteiger partial charge in [-0.1, -0.05) is 32.0 Å². The van der Waals surface area contributed by atoms with E-state index in [1.807, 2.05) is 50.2 Å². The highest BCUT2D eigenvalue weighted by molar-refractivity contribution is 5.76. The van der Waals surface area contributed by atoms with E-state index in [9.17, 15) is 4.79 Å². The van der Waals surface area contributed by atoms with Gasteiger partial charge in [0.05, 0.1) is 0 Å². The van der Waals surface area contributed by atoms with Crippen LogP contribution < -0.4 is 10.1 Å². The van der Waals surface area contributed by atoms with Crippen LogP contribution in [0.2, 0.25) is 0 Å². The molecule has 116 valence electrons. The first-order valence-electron chi connectivity index (χ1n) is 7.51. The van der Waals surface area contributed by atoms with Gasteiger partial charge in [-0.2, -0.15) is 0 Å². The van der Waals surface area contributed by atoms with Crippen molar-refractivity contribution in [2.75, 3.05) is 0 Å². The molecule has 4 heteroatoms. The van der Waals surface area contributed by atoms with Crippen molar-refractivity contribution in [2.45, 2.75) is 33.4 Å². The van der Waals surface area contributed by atoms with Crippen LogP contribution in [0.1, 0.15) is 31.4 Å². The molecule has 0 fully saturated rings. The third kappa shape index (κ3) is 5.56. The van der Waals surface area contributed by atoms with Crippen LogP contribution in [0, 0.1) is 5.92 Å². The summed E-state index contributed by atoms with van der Waals surface area (Å²) < 4.78 is 5.70. The Hall–Kier alpha value is -2.36. The molecule has 1 amide bonds. The maximum absolute atomic E-state index is 11.6. The van der Waals surface area contributed by atoms with E-state index in [4.69, 9.17) is 4.74 Å². The molecular weight excluding hydrogens is 276 g/mol. The predicted octanol–water partition coefficient (Wildman–Crippen LogP) is 3.32. The van der Waals surface area contributed by atoms with Gasteiger partial charge in [0.15, 0.2) is 0 Å². The van der Waals surface area contributed by atoms with E-state index in [0.717, 1.165) is 16.9 Å². The Kier molecular flexibility index (Phi) is 5.95. The Labute approximate surface area is 131 Å². The number of hydrogen-bond donors (Lipinski definition) is 1. The van der Waals surface area contributed by atoms with Gasteiger partial charge in [-0.25, -0.2) is 0 Å². The number of amides is 1. The summed E-state index contributed by atoms with van der Waals surface area (Å²) in [5, 5.41) is 2.92. The third-order valence-electron chi connectivity index (χ3n) is 3.13. The van der Waals surface area contributed by atoms with Crippen LogP contribution in [0.25, 0.3) is 0 Å². The summed E-state index contributed by atoms with van der Waals surface area (Å²) in [4.78, 5) is 15.7. The molecule has 22 heavy (non-hydrogen) atoms. The van der Waals surface area contributed by atoms with E-state index in [-0.39, 0.29) is 5.91 Å². The van der Waals surface area contributed by atoms with E-state index in [1.54, 1.807) is 12.4 Å². The summed E-state index contributed by atoms with van der Waals surface area (Å²) in [6, 6.07) is 11.6. The third-order valence-corrected chi connectivity index (χ3v) is 3.13. The molecule has 4 nitrogen and oxygen atoms in total. The molecule has 0 saturated carbocycles.